The molecule has 0 bridgehead atoms. The number of amides is 1. The largest absolute Gasteiger partial charge is 0.345 e. The molecule has 0 aliphatic carbocycles. The fraction of sp³-hybridized carbons (Fsp3) is 0.750. The van der Waals surface area contributed by atoms with E-state index in [1.54, 1.807) is 19.0 Å². The predicted octanol–water partition coefficient (Wildman–Crippen LogP) is 3.07. The minimum absolute atomic E-state index is 0.125. The summed E-state index contributed by atoms with van der Waals surface area (Å²) in [6.45, 7) is 13.3. The van der Waals surface area contributed by atoms with Crippen LogP contribution in [0.25, 0.3) is 0 Å². The Kier molecular flexibility index (Phi) is 4.34. The third kappa shape index (κ3) is 3.82. The van der Waals surface area contributed by atoms with E-state index in [0.717, 1.165) is 5.57 Å². The van der Waals surface area contributed by atoms with Gasteiger partial charge < -0.3 is 4.90 Å². The standard InChI is InChI=1S/C12H25NOSi/c1-10(11(14)13(5)6)9-15(7,8)12(2,3)4/h9H,1-8H3/b10-9+. The van der Waals surface area contributed by atoms with Crippen LogP contribution in [0.5, 0.6) is 0 Å². The number of likely N-dealkylation sites (N-methyl/N-ethyl adjacent to an activating group) is 1. The van der Waals surface area contributed by atoms with E-state index in [1.165, 1.54) is 0 Å². The second-order valence-electron chi connectivity index (χ2n) is 6.00. The maximum Gasteiger partial charge on any atom is 0.248 e. The Balaban J connectivity index is 4.99. The smallest absolute Gasteiger partial charge is 0.248 e. The average Bonchev–Trinajstić information content (AvgIpc) is 1.99. The number of rotatable bonds is 2. The highest BCUT2D eigenvalue weighted by atomic mass is 28.3. The first-order valence-electron chi connectivity index (χ1n) is 5.40. The van der Waals surface area contributed by atoms with Gasteiger partial charge in [-0.3, -0.25) is 4.79 Å². The van der Waals surface area contributed by atoms with Crippen molar-refractivity contribution in [3.8, 4) is 0 Å². The summed E-state index contributed by atoms with van der Waals surface area (Å²) < 4.78 is 0. The number of carbonyl (C=O) groups excluding carboxylic acids is 1. The van der Waals surface area contributed by atoms with Gasteiger partial charge in [-0.1, -0.05) is 39.6 Å². The van der Waals surface area contributed by atoms with Crippen molar-refractivity contribution in [3.05, 3.63) is 11.3 Å². The molecular formula is C12H25NOSi. The number of hydrogen-bond acceptors (Lipinski definition) is 1. The van der Waals surface area contributed by atoms with Crippen molar-refractivity contribution in [1.29, 1.82) is 0 Å². The molecule has 0 saturated heterocycles. The Bertz CT molecular complexity index is 272. The van der Waals surface area contributed by atoms with Crippen molar-refractivity contribution < 1.29 is 4.79 Å². The minimum atomic E-state index is -1.49. The summed E-state index contributed by atoms with van der Waals surface area (Å²) >= 11 is 0. The molecular weight excluding hydrogens is 202 g/mol. The third-order valence-electron chi connectivity index (χ3n) is 3.25. The Morgan fingerprint density at radius 1 is 1.20 bits per heavy atom. The van der Waals surface area contributed by atoms with Gasteiger partial charge in [-0.15, -0.1) is 0 Å². The van der Waals surface area contributed by atoms with Crippen LogP contribution in [0, 0.1) is 0 Å². The fourth-order valence-corrected chi connectivity index (χ4v) is 2.81. The van der Waals surface area contributed by atoms with Crippen LogP contribution >= 0.6 is 0 Å². The van der Waals surface area contributed by atoms with Crippen LogP contribution in [0.4, 0.5) is 0 Å². The zero-order valence-corrected chi connectivity index (χ0v) is 12.4. The van der Waals surface area contributed by atoms with Crippen molar-refractivity contribution in [2.24, 2.45) is 0 Å². The maximum atomic E-state index is 11.7. The Labute approximate surface area is 95.4 Å². The van der Waals surface area contributed by atoms with Crippen molar-refractivity contribution in [1.82, 2.24) is 4.90 Å². The van der Waals surface area contributed by atoms with Gasteiger partial charge in [0.05, 0.1) is 8.07 Å². The summed E-state index contributed by atoms with van der Waals surface area (Å²) in [4.78, 5) is 13.4. The first-order chi connectivity index (χ1) is 6.49. The molecule has 0 aliphatic heterocycles. The molecule has 0 aliphatic rings. The van der Waals surface area contributed by atoms with Crippen LogP contribution in [0.15, 0.2) is 11.3 Å². The van der Waals surface area contributed by atoms with E-state index in [2.05, 4.69) is 39.6 Å². The highest BCUT2D eigenvalue weighted by molar-refractivity contribution is 6.85. The van der Waals surface area contributed by atoms with Crippen LogP contribution < -0.4 is 0 Å². The molecule has 0 unspecified atom stereocenters. The molecule has 3 heteroatoms. The monoisotopic (exact) mass is 227 g/mol. The van der Waals surface area contributed by atoms with Gasteiger partial charge in [0.2, 0.25) is 5.91 Å². The summed E-state index contributed by atoms with van der Waals surface area (Å²) in [5.74, 6) is 0.125. The topological polar surface area (TPSA) is 20.3 Å². The SMILES string of the molecule is C/C(=C\[Si](C)(C)C(C)(C)C)C(=O)N(C)C. The first kappa shape index (κ1) is 14.4. The van der Waals surface area contributed by atoms with Gasteiger partial charge in [-0.2, -0.15) is 0 Å². The van der Waals surface area contributed by atoms with Gasteiger partial charge in [-0.05, 0) is 12.0 Å². The Morgan fingerprint density at radius 2 is 1.60 bits per heavy atom. The average molecular weight is 227 g/mol. The molecule has 2 nitrogen and oxygen atoms in total. The van der Waals surface area contributed by atoms with E-state index in [4.69, 9.17) is 0 Å². The van der Waals surface area contributed by atoms with Crippen LogP contribution in [0.3, 0.4) is 0 Å². The Morgan fingerprint density at radius 3 is 1.87 bits per heavy atom. The van der Waals surface area contributed by atoms with Crippen LogP contribution in [0.1, 0.15) is 27.7 Å². The zero-order chi connectivity index (χ0) is 12.4. The van der Waals surface area contributed by atoms with Gasteiger partial charge in [0, 0.05) is 19.7 Å². The fourth-order valence-electron chi connectivity index (χ4n) is 1.17. The normalized spacial score (nSPS) is 14.0. The molecule has 0 rings (SSSR count). The van der Waals surface area contributed by atoms with Crippen molar-refractivity contribution >= 4 is 14.0 Å². The molecule has 0 fully saturated rings. The molecule has 88 valence electrons. The van der Waals surface area contributed by atoms with Gasteiger partial charge in [0.1, 0.15) is 0 Å². The summed E-state index contributed by atoms with van der Waals surface area (Å²) in [6, 6.07) is 0. The molecule has 0 N–H and O–H groups in total. The highest BCUT2D eigenvalue weighted by Crippen LogP contribution is 2.37. The molecule has 0 radical (unpaired) electrons. The quantitative estimate of drug-likeness (QED) is 0.524. The van der Waals surface area contributed by atoms with Gasteiger partial charge >= 0.3 is 0 Å². The summed E-state index contributed by atoms with van der Waals surface area (Å²) in [6.07, 6.45) is 0. The lowest BCUT2D eigenvalue weighted by Gasteiger charge is -2.34. The van der Waals surface area contributed by atoms with E-state index in [1.807, 2.05) is 6.92 Å². The van der Waals surface area contributed by atoms with E-state index in [-0.39, 0.29) is 5.91 Å². The van der Waals surface area contributed by atoms with Crippen LogP contribution in [0.2, 0.25) is 18.1 Å². The minimum Gasteiger partial charge on any atom is -0.345 e. The van der Waals surface area contributed by atoms with E-state index < -0.39 is 8.07 Å². The molecule has 0 spiro atoms. The lowest BCUT2D eigenvalue weighted by atomic mass is 10.2. The first-order valence-corrected chi connectivity index (χ1v) is 8.48. The Hall–Kier alpha value is -0.573. The van der Waals surface area contributed by atoms with Crippen molar-refractivity contribution in [3.63, 3.8) is 0 Å². The highest BCUT2D eigenvalue weighted by Gasteiger charge is 2.33. The summed E-state index contributed by atoms with van der Waals surface area (Å²) in [7, 11) is 2.11. The lowest BCUT2D eigenvalue weighted by Crippen LogP contribution is -2.36. The molecule has 0 heterocycles. The molecule has 0 atom stereocenters. The molecule has 0 aromatic carbocycles. The van der Waals surface area contributed by atoms with Crippen LogP contribution in [-0.2, 0) is 4.79 Å². The molecule has 0 aromatic rings. The molecule has 0 aromatic heterocycles. The van der Waals surface area contributed by atoms with E-state index >= 15 is 0 Å². The van der Waals surface area contributed by atoms with Crippen molar-refractivity contribution in [2.75, 3.05) is 14.1 Å². The summed E-state index contributed by atoms with van der Waals surface area (Å²) in [5.41, 5.74) is 3.10. The molecule has 1 amide bonds. The molecule has 0 saturated carbocycles. The molecule has 15 heavy (non-hydrogen) atoms. The summed E-state index contributed by atoms with van der Waals surface area (Å²) in [5, 5.41) is 0.293. The number of hydrogen-bond donors (Lipinski definition) is 0. The third-order valence-corrected chi connectivity index (χ3v) is 8.27. The van der Waals surface area contributed by atoms with Crippen molar-refractivity contribution in [2.45, 2.75) is 45.8 Å². The zero-order valence-electron chi connectivity index (χ0n) is 11.4. The van der Waals surface area contributed by atoms with E-state index in [0.29, 0.717) is 5.04 Å². The number of carbonyl (C=O) groups is 1. The van der Waals surface area contributed by atoms with Gasteiger partial charge in [-0.25, -0.2) is 0 Å². The van der Waals surface area contributed by atoms with E-state index in [9.17, 15) is 4.79 Å². The van der Waals surface area contributed by atoms with Crippen LogP contribution in [-0.4, -0.2) is 33.0 Å². The second-order valence-corrected chi connectivity index (χ2v) is 11.2. The van der Waals surface area contributed by atoms with Gasteiger partial charge in [0.15, 0.2) is 0 Å². The van der Waals surface area contributed by atoms with Gasteiger partial charge in [0.25, 0.3) is 0 Å². The predicted molar refractivity (Wildman–Crippen MR) is 69.6 cm³/mol. The number of nitrogens with zero attached hydrogens (tertiary/aromatic N) is 1. The maximum absolute atomic E-state index is 11.7. The second kappa shape index (κ2) is 4.52. The lowest BCUT2D eigenvalue weighted by molar-refractivity contribution is -0.124.